The lowest BCUT2D eigenvalue weighted by molar-refractivity contribution is -0.133. The maximum absolute atomic E-state index is 12.6. The number of halogens is 1. The van der Waals surface area contributed by atoms with E-state index in [0.29, 0.717) is 5.91 Å². The highest BCUT2D eigenvalue weighted by Gasteiger charge is 2.61. The Hall–Kier alpha value is -1.06. The van der Waals surface area contributed by atoms with Gasteiger partial charge in [-0.1, -0.05) is 24.3 Å². The molecular formula is C16H21ClN2O. The van der Waals surface area contributed by atoms with Crippen molar-refractivity contribution >= 4 is 18.3 Å². The molecular weight excluding hydrogens is 272 g/mol. The Morgan fingerprint density at radius 1 is 1.25 bits per heavy atom. The fourth-order valence-corrected chi connectivity index (χ4v) is 4.02. The number of hydrogen-bond donors (Lipinski definition) is 1. The number of piperazine rings is 1. The van der Waals surface area contributed by atoms with E-state index in [1.807, 2.05) is 0 Å². The number of carbonyl (C=O) groups excluding carboxylic acids is 1. The quantitative estimate of drug-likeness (QED) is 0.855. The number of hydrogen-bond acceptors (Lipinski definition) is 2. The SMILES string of the molecule is Cl.O=C(C1CC12CCc1ccccc12)N1CCNCC1. The Labute approximate surface area is 126 Å². The number of carbonyl (C=O) groups is 1. The van der Waals surface area contributed by atoms with E-state index >= 15 is 0 Å². The maximum Gasteiger partial charge on any atom is 0.226 e. The number of amides is 1. The first kappa shape index (κ1) is 13.9. The molecule has 1 aromatic carbocycles. The van der Waals surface area contributed by atoms with Crippen molar-refractivity contribution in [1.29, 1.82) is 0 Å². The highest BCUT2D eigenvalue weighted by molar-refractivity contribution is 5.85. The van der Waals surface area contributed by atoms with Crippen molar-refractivity contribution in [3.63, 3.8) is 0 Å². The second-order valence-electron chi connectivity index (χ2n) is 6.15. The first-order valence-electron chi connectivity index (χ1n) is 7.39. The molecule has 4 heteroatoms. The zero-order chi connectivity index (χ0) is 12.9. The van der Waals surface area contributed by atoms with Gasteiger partial charge in [0.05, 0.1) is 0 Å². The first-order valence-corrected chi connectivity index (χ1v) is 7.39. The highest BCUT2D eigenvalue weighted by atomic mass is 35.5. The average molecular weight is 293 g/mol. The molecule has 2 fully saturated rings. The van der Waals surface area contributed by atoms with Gasteiger partial charge in [0.1, 0.15) is 0 Å². The van der Waals surface area contributed by atoms with E-state index in [-0.39, 0.29) is 23.7 Å². The molecule has 1 saturated carbocycles. The highest BCUT2D eigenvalue weighted by Crippen LogP contribution is 2.61. The van der Waals surface area contributed by atoms with Crippen LogP contribution in [-0.2, 0) is 16.6 Å². The topological polar surface area (TPSA) is 32.3 Å². The molecule has 2 aliphatic carbocycles. The summed E-state index contributed by atoms with van der Waals surface area (Å²) in [5, 5.41) is 3.31. The van der Waals surface area contributed by atoms with Crippen molar-refractivity contribution in [2.75, 3.05) is 26.2 Å². The molecule has 2 atom stereocenters. The van der Waals surface area contributed by atoms with Gasteiger partial charge in [0.25, 0.3) is 0 Å². The van der Waals surface area contributed by atoms with Crippen molar-refractivity contribution < 1.29 is 4.79 Å². The van der Waals surface area contributed by atoms with Crippen molar-refractivity contribution in [2.24, 2.45) is 5.92 Å². The van der Waals surface area contributed by atoms with Crippen LogP contribution in [0.15, 0.2) is 24.3 Å². The summed E-state index contributed by atoms with van der Waals surface area (Å²) in [6, 6.07) is 8.71. The van der Waals surface area contributed by atoms with Crippen LogP contribution >= 0.6 is 12.4 Å². The smallest absolute Gasteiger partial charge is 0.226 e. The van der Waals surface area contributed by atoms with Crippen molar-refractivity contribution in [1.82, 2.24) is 10.2 Å². The minimum absolute atomic E-state index is 0. The van der Waals surface area contributed by atoms with E-state index in [2.05, 4.69) is 34.5 Å². The van der Waals surface area contributed by atoms with E-state index in [1.165, 1.54) is 17.5 Å². The first-order chi connectivity index (χ1) is 9.31. The molecule has 3 aliphatic rings. The molecule has 1 spiro atoms. The summed E-state index contributed by atoms with van der Waals surface area (Å²) in [5.41, 5.74) is 3.14. The lowest BCUT2D eigenvalue weighted by Gasteiger charge is -2.28. The molecule has 0 bridgehead atoms. The van der Waals surface area contributed by atoms with E-state index in [9.17, 15) is 4.79 Å². The average Bonchev–Trinajstić information content (AvgIpc) is 3.09. The maximum atomic E-state index is 12.6. The second kappa shape index (κ2) is 5.05. The Morgan fingerprint density at radius 2 is 2.00 bits per heavy atom. The molecule has 20 heavy (non-hydrogen) atoms. The van der Waals surface area contributed by atoms with Crippen molar-refractivity contribution in [3.8, 4) is 0 Å². The van der Waals surface area contributed by atoms with Crippen LogP contribution in [0.5, 0.6) is 0 Å². The van der Waals surface area contributed by atoms with Crippen LogP contribution in [0.1, 0.15) is 24.0 Å². The fraction of sp³-hybridized carbons (Fsp3) is 0.562. The third-order valence-corrected chi connectivity index (χ3v) is 5.20. The zero-order valence-electron chi connectivity index (χ0n) is 11.6. The van der Waals surface area contributed by atoms with Crippen molar-refractivity contribution in [3.05, 3.63) is 35.4 Å². The summed E-state index contributed by atoms with van der Waals surface area (Å²) in [4.78, 5) is 14.7. The summed E-state index contributed by atoms with van der Waals surface area (Å²) < 4.78 is 0. The summed E-state index contributed by atoms with van der Waals surface area (Å²) in [7, 11) is 0. The molecule has 2 unspecified atom stereocenters. The van der Waals surface area contributed by atoms with Gasteiger partial charge in [0, 0.05) is 37.5 Å². The number of benzene rings is 1. The Balaban J connectivity index is 0.00000121. The zero-order valence-corrected chi connectivity index (χ0v) is 12.4. The molecule has 1 heterocycles. The standard InChI is InChI=1S/C16H20N2O.ClH/c19-15(18-9-7-17-8-10-18)14-11-16(14)6-5-12-3-1-2-4-13(12)16;/h1-4,14,17H,5-11H2;1H. The monoisotopic (exact) mass is 292 g/mol. The third kappa shape index (κ3) is 1.95. The van der Waals surface area contributed by atoms with Crippen LogP contribution in [-0.4, -0.2) is 37.0 Å². The van der Waals surface area contributed by atoms with Crippen LogP contribution in [0, 0.1) is 5.92 Å². The third-order valence-electron chi connectivity index (χ3n) is 5.20. The summed E-state index contributed by atoms with van der Waals surface area (Å²) in [5.74, 6) is 0.660. The van der Waals surface area contributed by atoms with Gasteiger partial charge in [0.15, 0.2) is 0 Å². The van der Waals surface area contributed by atoms with Gasteiger partial charge in [-0.3, -0.25) is 4.79 Å². The van der Waals surface area contributed by atoms with Crippen LogP contribution in [0.3, 0.4) is 0 Å². The Kier molecular flexibility index (Phi) is 3.51. The molecule has 1 N–H and O–H groups in total. The predicted molar refractivity (Wildman–Crippen MR) is 81.2 cm³/mol. The molecule has 0 radical (unpaired) electrons. The fourth-order valence-electron chi connectivity index (χ4n) is 4.02. The minimum atomic E-state index is 0. The summed E-state index contributed by atoms with van der Waals surface area (Å²) >= 11 is 0. The predicted octanol–water partition coefficient (Wildman–Crippen LogP) is 1.74. The van der Waals surface area contributed by atoms with Crippen LogP contribution in [0.2, 0.25) is 0 Å². The van der Waals surface area contributed by atoms with Gasteiger partial charge >= 0.3 is 0 Å². The largest absolute Gasteiger partial charge is 0.340 e. The summed E-state index contributed by atoms with van der Waals surface area (Å²) in [6.45, 7) is 3.66. The lowest BCUT2D eigenvalue weighted by atomic mass is 9.95. The van der Waals surface area contributed by atoms with Crippen LogP contribution in [0.4, 0.5) is 0 Å². The number of nitrogens with one attached hydrogen (secondary N) is 1. The van der Waals surface area contributed by atoms with E-state index in [0.717, 1.165) is 39.0 Å². The van der Waals surface area contributed by atoms with Crippen LogP contribution in [0.25, 0.3) is 0 Å². The van der Waals surface area contributed by atoms with Crippen LogP contribution < -0.4 is 5.32 Å². The minimum Gasteiger partial charge on any atom is -0.340 e. The van der Waals surface area contributed by atoms with Gasteiger partial charge in [0.2, 0.25) is 5.91 Å². The molecule has 1 amide bonds. The second-order valence-corrected chi connectivity index (χ2v) is 6.15. The Morgan fingerprint density at radius 3 is 2.80 bits per heavy atom. The molecule has 1 saturated heterocycles. The van der Waals surface area contributed by atoms with Gasteiger partial charge in [-0.05, 0) is 30.4 Å². The van der Waals surface area contributed by atoms with Crippen molar-refractivity contribution in [2.45, 2.75) is 24.7 Å². The van der Waals surface area contributed by atoms with E-state index < -0.39 is 0 Å². The lowest BCUT2D eigenvalue weighted by Crippen LogP contribution is -2.47. The molecule has 3 nitrogen and oxygen atoms in total. The molecule has 1 aromatic rings. The molecule has 4 rings (SSSR count). The Bertz CT molecular complexity index is 527. The van der Waals surface area contributed by atoms with E-state index in [1.54, 1.807) is 0 Å². The number of aryl methyl sites for hydroxylation is 1. The van der Waals surface area contributed by atoms with Gasteiger partial charge in [-0.2, -0.15) is 0 Å². The van der Waals surface area contributed by atoms with Gasteiger partial charge in [-0.25, -0.2) is 0 Å². The number of fused-ring (bicyclic) bond motifs is 2. The molecule has 108 valence electrons. The molecule has 1 aliphatic heterocycles. The van der Waals surface area contributed by atoms with Gasteiger partial charge < -0.3 is 10.2 Å². The van der Waals surface area contributed by atoms with Gasteiger partial charge in [-0.15, -0.1) is 12.4 Å². The normalized spacial score (nSPS) is 30.8. The summed E-state index contributed by atoms with van der Waals surface area (Å²) in [6.07, 6.45) is 3.41. The number of rotatable bonds is 1. The van der Waals surface area contributed by atoms with E-state index in [4.69, 9.17) is 0 Å². The number of nitrogens with zero attached hydrogens (tertiary/aromatic N) is 1. The molecule has 0 aromatic heterocycles.